The Morgan fingerprint density at radius 2 is 1.65 bits per heavy atom. The lowest BCUT2D eigenvalue weighted by atomic mass is 9.98. The Hall–Kier alpha value is -1.91. The summed E-state index contributed by atoms with van der Waals surface area (Å²) in [6.45, 7) is 1.51. The second-order valence-electron chi connectivity index (χ2n) is 7.97. The molecular formula is C22H34O9. The molecule has 2 rings (SSSR count). The third-order valence-corrected chi connectivity index (χ3v) is 5.52. The van der Waals surface area contributed by atoms with Crippen LogP contribution in [-0.4, -0.2) is 73.9 Å². The molecule has 1 saturated heterocycles. The highest BCUT2D eigenvalue weighted by atomic mass is 16.7. The van der Waals surface area contributed by atoms with Gasteiger partial charge in [-0.3, -0.25) is 0 Å². The highest BCUT2D eigenvalue weighted by Crippen LogP contribution is 2.33. The number of hydrogen-bond acceptors (Lipinski definition) is 8. The summed E-state index contributed by atoms with van der Waals surface area (Å²) < 4.78 is 10.8. The molecule has 1 aromatic rings. The number of aliphatic hydroxyl groups is 4. The van der Waals surface area contributed by atoms with Crippen LogP contribution in [0.25, 0.3) is 0 Å². The molecule has 1 heterocycles. The molecule has 1 aromatic carbocycles. The predicted molar refractivity (Wildman–Crippen MR) is 111 cm³/mol. The van der Waals surface area contributed by atoms with E-state index in [0.717, 1.165) is 31.7 Å². The first-order valence-electron chi connectivity index (χ1n) is 10.9. The van der Waals surface area contributed by atoms with E-state index in [4.69, 9.17) is 9.47 Å². The monoisotopic (exact) mass is 442 g/mol. The number of aromatic carboxylic acids is 1. The Morgan fingerprint density at radius 3 is 2.26 bits per heavy atom. The first kappa shape index (κ1) is 25.4. The zero-order valence-electron chi connectivity index (χ0n) is 17.8. The van der Waals surface area contributed by atoms with Gasteiger partial charge in [0.2, 0.25) is 6.29 Å². The van der Waals surface area contributed by atoms with Gasteiger partial charge in [0.25, 0.3) is 0 Å². The van der Waals surface area contributed by atoms with Crippen molar-refractivity contribution in [2.24, 2.45) is 0 Å². The van der Waals surface area contributed by atoms with Crippen molar-refractivity contribution in [3.05, 3.63) is 23.3 Å². The summed E-state index contributed by atoms with van der Waals surface area (Å²) in [5.74, 6) is -1.70. The van der Waals surface area contributed by atoms with E-state index in [9.17, 15) is 35.4 Å². The Labute approximate surface area is 181 Å². The van der Waals surface area contributed by atoms with E-state index in [1.165, 1.54) is 25.3 Å². The zero-order chi connectivity index (χ0) is 23.0. The molecule has 176 valence electrons. The van der Waals surface area contributed by atoms with E-state index in [0.29, 0.717) is 12.0 Å². The van der Waals surface area contributed by atoms with Crippen LogP contribution in [0.15, 0.2) is 12.1 Å². The van der Waals surface area contributed by atoms with Crippen molar-refractivity contribution in [2.75, 3.05) is 6.61 Å². The number of phenolic OH excluding ortho intramolecular Hbond substituents is 1. The standard InChI is InChI=1S/C22H34O9/c1-2-3-4-5-6-7-8-9-13-10-14(24)11-15(17(13)21(28)29)30-22-20(27)19(26)18(25)16(12-23)31-22/h10-11,16,18-20,22-27H,2-9,12H2,1H3,(H,28,29)/t16-,18-,19+,20-,22-/m1/s1. The van der Waals surface area contributed by atoms with Crippen molar-refractivity contribution in [1.29, 1.82) is 0 Å². The van der Waals surface area contributed by atoms with E-state index in [-0.39, 0.29) is 17.1 Å². The molecule has 0 bridgehead atoms. The highest BCUT2D eigenvalue weighted by Gasteiger charge is 2.45. The van der Waals surface area contributed by atoms with Crippen molar-refractivity contribution in [3.8, 4) is 11.5 Å². The van der Waals surface area contributed by atoms with Gasteiger partial charge in [-0.1, -0.05) is 45.4 Å². The van der Waals surface area contributed by atoms with Gasteiger partial charge in [0.15, 0.2) is 0 Å². The first-order valence-corrected chi connectivity index (χ1v) is 10.9. The van der Waals surface area contributed by atoms with Crippen molar-refractivity contribution in [2.45, 2.75) is 89.0 Å². The van der Waals surface area contributed by atoms with Crippen LogP contribution in [0, 0.1) is 0 Å². The van der Waals surface area contributed by atoms with Crippen LogP contribution in [0.4, 0.5) is 0 Å². The number of rotatable bonds is 12. The molecule has 31 heavy (non-hydrogen) atoms. The number of aryl methyl sites for hydroxylation is 1. The predicted octanol–water partition coefficient (Wildman–Crippen LogP) is 1.56. The Bertz CT molecular complexity index is 706. The van der Waals surface area contributed by atoms with Gasteiger partial charge < -0.3 is 40.1 Å². The Kier molecular flexibility index (Phi) is 9.98. The normalized spacial score (nSPS) is 26.0. The maximum atomic E-state index is 11.9. The summed E-state index contributed by atoms with van der Waals surface area (Å²) in [7, 11) is 0. The van der Waals surface area contributed by atoms with Crippen LogP contribution in [0.2, 0.25) is 0 Å². The molecule has 0 aliphatic carbocycles. The van der Waals surface area contributed by atoms with Crippen LogP contribution >= 0.6 is 0 Å². The topological polar surface area (TPSA) is 157 Å². The summed E-state index contributed by atoms with van der Waals surface area (Å²) in [6, 6.07) is 2.47. The number of ether oxygens (including phenoxy) is 2. The van der Waals surface area contributed by atoms with Crippen LogP contribution < -0.4 is 4.74 Å². The second kappa shape index (κ2) is 12.2. The molecule has 0 spiro atoms. The third kappa shape index (κ3) is 6.78. The first-order chi connectivity index (χ1) is 14.8. The van der Waals surface area contributed by atoms with Crippen molar-refractivity contribution in [1.82, 2.24) is 0 Å². The fourth-order valence-corrected chi connectivity index (χ4v) is 3.75. The molecule has 1 aliphatic heterocycles. The smallest absolute Gasteiger partial charge is 0.339 e. The highest BCUT2D eigenvalue weighted by molar-refractivity contribution is 5.93. The molecule has 0 amide bonds. The SMILES string of the molecule is CCCCCCCCCc1cc(O)cc(O[C@@H]2O[C@H](CO)[C@@H](O)[C@H](O)[C@H]2O)c1C(=O)O. The number of aromatic hydroxyl groups is 1. The van der Waals surface area contributed by atoms with Gasteiger partial charge in [0.1, 0.15) is 41.5 Å². The molecule has 9 nitrogen and oxygen atoms in total. The average molecular weight is 443 g/mol. The number of phenols is 1. The van der Waals surface area contributed by atoms with Crippen LogP contribution in [0.5, 0.6) is 11.5 Å². The van der Waals surface area contributed by atoms with Gasteiger partial charge in [-0.15, -0.1) is 0 Å². The minimum Gasteiger partial charge on any atom is -0.508 e. The van der Waals surface area contributed by atoms with Crippen molar-refractivity contribution < 1.29 is 44.9 Å². The number of aliphatic hydroxyl groups excluding tert-OH is 4. The molecule has 0 saturated carbocycles. The molecule has 9 heteroatoms. The summed E-state index contributed by atoms with van der Waals surface area (Å²) >= 11 is 0. The Balaban J connectivity index is 2.13. The summed E-state index contributed by atoms with van der Waals surface area (Å²) in [4.78, 5) is 11.9. The number of carbonyl (C=O) groups is 1. The molecule has 1 aliphatic rings. The lowest BCUT2D eigenvalue weighted by molar-refractivity contribution is -0.277. The number of benzene rings is 1. The lowest BCUT2D eigenvalue weighted by Gasteiger charge is -2.39. The van der Waals surface area contributed by atoms with Crippen LogP contribution in [-0.2, 0) is 11.2 Å². The van der Waals surface area contributed by atoms with E-state index in [1.807, 2.05) is 0 Å². The van der Waals surface area contributed by atoms with E-state index in [1.54, 1.807) is 0 Å². The van der Waals surface area contributed by atoms with Crippen LogP contribution in [0.1, 0.15) is 67.8 Å². The fourth-order valence-electron chi connectivity index (χ4n) is 3.75. The second-order valence-corrected chi connectivity index (χ2v) is 7.97. The van der Waals surface area contributed by atoms with Gasteiger partial charge >= 0.3 is 5.97 Å². The van der Waals surface area contributed by atoms with Crippen LogP contribution in [0.3, 0.4) is 0 Å². The van der Waals surface area contributed by atoms with E-state index < -0.39 is 43.3 Å². The van der Waals surface area contributed by atoms with Gasteiger partial charge in [0.05, 0.1) is 6.61 Å². The van der Waals surface area contributed by atoms with Gasteiger partial charge in [0, 0.05) is 6.07 Å². The lowest BCUT2D eigenvalue weighted by Crippen LogP contribution is -2.60. The number of carboxylic acid groups (broad SMARTS) is 1. The zero-order valence-corrected chi connectivity index (χ0v) is 17.8. The van der Waals surface area contributed by atoms with Gasteiger partial charge in [-0.05, 0) is 24.5 Å². The summed E-state index contributed by atoms with van der Waals surface area (Å²) in [6.07, 6.45) is 0.198. The van der Waals surface area contributed by atoms with Gasteiger partial charge in [-0.25, -0.2) is 4.79 Å². The average Bonchev–Trinajstić information content (AvgIpc) is 2.72. The van der Waals surface area contributed by atoms with Crippen molar-refractivity contribution in [3.63, 3.8) is 0 Å². The summed E-state index contributed by atoms with van der Waals surface area (Å²) in [5.41, 5.74) is 0.224. The largest absolute Gasteiger partial charge is 0.508 e. The molecule has 5 atom stereocenters. The quantitative estimate of drug-likeness (QED) is 0.264. The van der Waals surface area contributed by atoms with Gasteiger partial charge in [-0.2, -0.15) is 0 Å². The molecule has 0 aromatic heterocycles. The molecule has 6 N–H and O–H groups in total. The fraction of sp³-hybridized carbons (Fsp3) is 0.682. The third-order valence-electron chi connectivity index (χ3n) is 5.52. The molecule has 1 fully saturated rings. The number of unbranched alkanes of at least 4 members (excludes halogenated alkanes) is 6. The summed E-state index contributed by atoms with van der Waals surface area (Å²) in [5, 5.41) is 59.1. The minimum atomic E-state index is -1.69. The molecule has 0 unspecified atom stereocenters. The molecular weight excluding hydrogens is 408 g/mol. The van der Waals surface area contributed by atoms with E-state index >= 15 is 0 Å². The number of hydrogen-bond donors (Lipinski definition) is 6. The number of carboxylic acids is 1. The van der Waals surface area contributed by atoms with Crippen molar-refractivity contribution >= 4 is 5.97 Å². The minimum absolute atomic E-state index is 0.166. The maximum absolute atomic E-state index is 11.9. The maximum Gasteiger partial charge on any atom is 0.339 e. The molecule has 0 radical (unpaired) electrons. The Morgan fingerprint density at radius 1 is 1.00 bits per heavy atom. The van der Waals surface area contributed by atoms with E-state index in [2.05, 4.69) is 6.92 Å².